The number of benzene rings is 1. The van der Waals surface area contributed by atoms with Gasteiger partial charge in [-0.25, -0.2) is 4.79 Å². The van der Waals surface area contributed by atoms with Gasteiger partial charge in [-0.1, -0.05) is 0 Å². The van der Waals surface area contributed by atoms with Gasteiger partial charge in [0.15, 0.2) is 0 Å². The van der Waals surface area contributed by atoms with Crippen molar-refractivity contribution in [2.45, 2.75) is 26.0 Å². The lowest BCUT2D eigenvalue weighted by Crippen LogP contribution is -2.49. The number of nitrogens with zero attached hydrogens (tertiary/aromatic N) is 5. The molecule has 1 saturated heterocycles. The molecule has 1 fully saturated rings. The Bertz CT molecular complexity index is 923. The summed E-state index contributed by atoms with van der Waals surface area (Å²) < 4.78 is 18.3. The van der Waals surface area contributed by atoms with Crippen molar-refractivity contribution in [3.8, 4) is 11.8 Å². The largest absolute Gasteiger partial charge is 0.490 e. The van der Waals surface area contributed by atoms with Crippen LogP contribution in [0, 0.1) is 10.1 Å². The van der Waals surface area contributed by atoms with E-state index in [9.17, 15) is 14.9 Å². The van der Waals surface area contributed by atoms with Crippen LogP contribution in [-0.4, -0.2) is 71.0 Å². The summed E-state index contributed by atoms with van der Waals surface area (Å²) in [5.74, 6) is 0.507. The molecule has 3 heterocycles. The summed E-state index contributed by atoms with van der Waals surface area (Å²) in [6.45, 7) is 5.86. The van der Waals surface area contributed by atoms with Crippen LogP contribution in [0.25, 0.3) is 0 Å². The van der Waals surface area contributed by atoms with Crippen LogP contribution >= 0.6 is 0 Å². The van der Waals surface area contributed by atoms with Crippen molar-refractivity contribution < 1.29 is 23.9 Å². The number of hydrogen-bond donors (Lipinski definition) is 0. The number of carbonyl (C=O) groups is 1. The Morgan fingerprint density at radius 3 is 2.65 bits per heavy atom. The molecular formula is C20H25N5O6. The zero-order chi connectivity index (χ0) is 21.8. The van der Waals surface area contributed by atoms with E-state index in [4.69, 9.17) is 14.2 Å². The molecule has 1 aromatic heterocycles. The van der Waals surface area contributed by atoms with Gasteiger partial charge in [-0.3, -0.25) is 4.57 Å². The van der Waals surface area contributed by atoms with Crippen molar-refractivity contribution in [3.63, 3.8) is 0 Å². The number of aryl methyl sites for hydroxylation is 1. The lowest BCUT2D eigenvalue weighted by molar-refractivity contribution is -0.389. The number of fused-ring (bicyclic) bond motifs is 1. The average Bonchev–Trinajstić information content (AvgIpc) is 3.22. The normalized spacial score (nSPS) is 18.2. The third kappa shape index (κ3) is 4.81. The quantitative estimate of drug-likeness (QED) is 0.506. The van der Waals surface area contributed by atoms with Gasteiger partial charge in [-0.05, 0) is 36.1 Å². The third-order valence-corrected chi connectivity index (χ3v) is 5.32. The predicted octanol–water partition coefficient (Wildman–Crippen LogP) is 2.30. The molecule has 1 unspecified atom stereocenters. The molecule has 0 N–H and O–H groups in total. The Labute approximate surface area is 179 Å². The molecule has 11 heteroatoms. The molecule has 1 atom stereocenters. The maximum atomic E-state index is 11.8. The fraction of sp³-hybridized carbons (Fsp3) is 0.500. The van der Waals surface area contributed by atoms with E-state index in [2.05, 4.69) is 9.88 Å². The van der Waals surface area contributed by atoms with Gasteiger partial charge in [0.05, 0.1) is 6.61 Å². The Kier molecular flexibility index (Phi) is 6.10. The summed E-state index contributed by atoms with van der Waals surface area (Å²) in [4.78, 5) is 30.0. The van der Waals surface area contributed by atoms with E-state index < -0.39 is 4.92 Å². The highest BCUT2D eigenvalue weighted by molar-refractivity contribution is 5.68. The maximum Gasteiger partial charge on any atom is 0.414 e. The zero-order valence-corrected chi connectivity index (χ0v) is 17.3. The van der Waals surface area contributed by atoms with E-state index >= 15 is 0 Å². The molecule has 2 aromatic rings. The van der Waals surface area contributed by atoms with Gasteiger partial charge in [0, 0.05) is 49.8 Å². The average molecular weight is 431 g/mol. The summed E-state index contributed by atoms with van der Waals surface area (Å²) in [7, 11) is 0. The Balaban J connectivity index is 1.26. The van der Waals surface area contributed by atoms with Gasteiger partial charge in [0.1, 0.15) is 24.7 Å². The molecule has 1 amide bonds. The van der Waals surface area contributed by atoms with Crippen molar-refractivity contribution in [1.29, 1.82) is 0 Å². The van der Waals surface area contributed by atoms with Crippen LogP contribution in [-0.2, 0) is 11.3 Å². The molecule has 0 bridgehead atoms. The Hall–Kier alpha value is -3.50. The number of hydrogen-bond acceptors (Lipinski definition) is 8. The summed E-state index contributed by atoms with van der Waals surface area (Å²) in [5.41, 5.74) is 1.07. The number of amides is 1. The van der Waals surface area contributed by atoms with E-state index in [1.54, 1.807) is 16.4 Å². The number of nitro groups is 1. The number of carbonyl (C=O) groups excluding carboxylic acids is 1. The molecule has 31 heavy (non-hydrogen) atoms. The topological polar surface area (TPSA) is 112 Å². The molecule has 4 rings (SSSR count). The van der Waals surface area contributed by atoms with Crippen molar-refractivity contribution >= 4 is 17.6 Å². The minimum atomic E-state index is -0.529. The fourth-order valence-electron chi connectivity index (χ4n) is 3.64. The van der Waals surface area contributed by atoms with E-state index in [1.165, 1.54) is 6.20 Å². The third-order valence-electron chi connectivity index (χ3n) is 5.32. The fourth-order valence-corrected chi connectivity index (χ4v) is 3.64. The first-order valence-corrected chi connectivity index (χ1v) is 10.3. The van der Waals surface area contributed by atoms with Gasteiger partial charge in [0.2, 0.25) is 0 Å². The van der Waals surface area contributed by atoms with Crippen molar-refractivity contribution in [3.05, 3.63) is 40.6 Å². The number of rotatable bonds is 6. The second kappa shape index (κ2) is 9.11. The Morgan fingerprint density at radius 2 is 1.97 bits per heavy atom. The van der Waals surface area contributed by atoms with Gasteiger partial charge < -0.3 is 34.1 Å². The van der Waals surface area contributed by atoms with Gasteiger partial charge in [-0.15, -0.1) is 0 Å². The second-order valence-corrected chi connectivity index (χ2v) is 7.34. The highest BCUT2D eigenvalue weighted by atomic mass is 16.6. The summed E-state index contributed by atoms with van der Waals surface area (Å²) in [6.07, 6.45) is 1.60. The number of imidazole rings is 1. The molecule has 166 valence electrons. The van der Waals surface area contributed by atoms with Crippen LogP contribution in [0.2, 0.25) is 0 Å². The lowest BCUT2D eigenvalue weighted by atomic mass is 10.2. The number of anilines is 1. The van der Waals surface area contributed by atoms with E-state index in [-0.39, 0.29) is 24.0 Å². The molecule has 0 radical (unpaired) electrons. The summed E-state index contributed by atoms with van der Waals surface area (Å²) in [5, 5.41) is 10.8. The minimum absolute atomic E-state index is 0.213. The minimum Gasteiger partial charge on any atom is -0.490 e. The molecule has 1 aromatic carbocycles. The second-order valence-electron chi connectivity index (χ2n) is 7.34. The van der Waals surface area contributed by atoms with Crippen LogP contribution < -0.4 is 14.4 Å². The molecule has 0 spiro atoms. The first-order valence-electron chi connectivity index (χ1n) is 10.3. The molecule has 0 saturated carbocycles. The van der Waals surface area contributed by atoms with Crippen LogP contribution in [0.3, 0.4) is 0 Å². The standard InChI is InChI=1S/C20H25N5O6/c1-2-29-20(26)23-11-9-22(10-12-23)15-3-5-16(6-4-15)30-14-17-7-8-24-13-18(25(27)28)21-19(24)31-17/h3-6,13,17H,2,7-12,14H2,1H3. The molecule has 2 aliphatic rings. The summed E-state index contributed by atoms with van der Waals surface area (Å²) in [6, 6.07) is 8.05. The lowest BCUT2D eigenvalue weighted by Gasteiger charge is -2.35. The number of ether oxygens (including phenoxy) is 3. The van der Waals surface area contributed by atoms with Crippen molar-refractivity contribution in [2.75, 3.05) is 44.3 Å². The van der Waals surface area contributed by atoms with Gasteiger partial charge >= 0.3 is 17.9 Å². The highest BCUT2D eigenvalue weighted by Crippen LogP contribution is 2.25. The van der Waals surface area contributed by atoms with Crippen LogP contribution in [0.15, 0.2) is 30.5 Å². The molecule has 11 nitrogen and oxygen atoms in total. The summed E-state index contributed by atoms with van der Waals surface area (Å²) >= 11 is 0. The van der Waals surface area contributed by atoms with E-state index in [1.807, 2.05) is 24.3 Å². The van der Waals surface area contributed by atoms with Crippen LogP contribution in [0.1, 0.15) is 13.3 Å². The monoisotopic (exact) mass is 431 g/mol. The smallest absolute Gasteiger partial charge is 0.414 e. The zero-order valence-electron chi connectivity index (χ0n) is 17.3. The van der Waals surface area contributed by atoms with E-state index in [0.717, 1.165) is 24.5 Å². The number of piperazine rings is 1. The van der Waals surface area contributed by atoms with Crippen LogP contribution in [0.4, 0.5) is 16.3 Å². The Morgan fingerprint density at radius 1 is 1.23 bits per heavy atom. The van der Waals surface area contributed by atoms with Crippen molar-refractivity contribution in [2.24, 2.45) is 0 Å². The van der Waals surface area contributed by atoms with Gasteiger partial charge in [0.25, 0.3) is 0 Å². The van der Waals surface area contributed by atoms with Crippen molar-refractivity contribution in [1.82, 2.24) is 14.5 Å². The first-order chi connectivity index (χ1) is 15.0. The first kappa shape index (κ1) is 20.8. The predicted molar refractivity (Wildman–Crippen MR) is 111 cm³/mol. The highest BCUT2D eigenvalue weighted by Gasteiger charge is 2.28. The molecular weight excluding hydrogens is 406 g/mol. The molecule has 2 aliphatic heterocycles. The number of aromatic nitrogens is 2. The maximum absolute atomic E-state index is 11.8. The molecule has 0 aliphatic carbocycles. The SMILES string of the molecule is CCOC(=O)N1CCN(c2ccc(OCC3CCn4cc([N+](=O)[O-])nc4O3)cc2)CC1. The van der Waals surface area contributed by atoms with E-state index in [0.29, 0.717) is 39.3 Å². The van der Waals surface area contributed by atoms with Gasteiger partial charge in [-0.2, -0.15) is 0 Å². The van der Waals surface area contributed by atoms with Crippen LogP contribution in [0.5, 0.6) is 11.8 Å².